The van der Waals surface area contributed by atoms with Crippen molar-refractivity contribution in [3.8, 4) is 0 Å². The molecule has 0 aromatic heterocycles. The van der Waals surface area contributed by atoms with Gasteiger partial charge in [-0.25, -0.2) is 4.90 Å². The van der Waals surface area contributed by atoms with Crippen molar-refractivity contribution in [3.05, 3.63) is 65.2 Å². The molecular weight excluding hydrogens is 384 g/mol. The van der Waals surface area contributed by atoms with E-state index in [1.807, 2.05) is 18.2 Å². The van der Waals surface area contributed by atoms with Gasteiger partial charge in [-0.05, 0) is 36.8 Å². The van der Waals surface area contributed by atoms with E-state index in [0.29, 0.717) is 16.4 Å². The lowest BCUT2D eigenvalue weighted by molar-refractivity contribution is -0.121. The molecule has 0 aliphatic carbocycles. The zero-order chi connectivity index (χ0) is 19.4. The van der Waals surface area contributed by atoms with Crippen LogP contribution in [-0.4, -0.2) is 27.9 Å². The van der Waals surface area contributed by atoms with Crippen molar-refractivity contribution in [1.82, 2.24) is 0 Å². The van der Waals surface area contributed by atoms with Gasteiger partial charge in [0.2, 0.25) is 11.8 Å². The Bertz CT molecular complexity index is 913. The molecule has 1 aliphatic rings. The minimum Gasteiger partial charge on any atom is -0.377 e. The predicted octanol–water partition coefficient (Wildman–Crippen LogP) is 3.44. The second-order valence-electron chi connectivity index (χ2n) is 5.84. The Kier molecular flexibility index (Phi) is 5.93. The summed E-state index contributed by atoms with van der Waals surface area (Å²) in [4.78, 5) is 26.0. The van der Waals surface area contributed by atoms with Crippen LogP contribution in [0.1, 0.15) is 18.9 Å². The Labute approximate surface area is 166 Å². The number of amidine groups is 1. The number of benzene rings is 2. The number of nitrogens with two attached hydrogens (primary N) is 1. The third kappa shape index (κ3) is 4.56. The number of hydrogen-bond donors (Lipinski definition) is 1. The molecular formula is C19H17ClN4O2S. The van der Waals surface area contributed by atoms with E-state index in [4.69, 9.17) is 17.3 Å². The molecule has 1 heterocycles. The number of para-hydroxylation sites is 1. The SMILES string of the molecule is CC(=NN=C(N)SC1CC(=O)N(c2ccccc2)C1=O)c1ccc(Cl)cc1. The first kappa shape index (κ1) is 19.1. The van der Waals surface area contributed by atoms with Crippen LogP contribution in [-0.2, 0) is 9.59 Å². The van der Waals surface area contributed by atoms with Crippen LogP contribution in [0.5, 0.6) is 0 Å². The molecule has 0 spiro atoms. The Morgan fingerprint density at radius 3 is 2.44 bits per heavy atom. The van der Waals surface area contributed by atoms with Crippen LogP contribution in [0, 0.1) is 0 Å². The van der Waals surface area contributed by atoms with Crippen molar-refractivity contribution >= 4 is 51.7 Å². The topological polar surface area (TPSA) is 88.1 Å². The first-order valence-corrected chi connectivity index (χ1v) is 9.43. The van der Waals surface area contributed by atoms with E-state index in [2.05, 4.69) is 10.2 Å². The second-order valence-corrected chi connectivity index (χ2v) is 7.50. The quantitative estimate of drug-likeness (QED) is 0.368. The summed E-state index contributed by atoms with van der Waals surface area (Å²) in [7, 11) is 0. The summed E-state index contributed by atoms with van der Waals surface area (Å²) in [5.41, 5.74) is 7.98. The predicted molar refractivity (Wildman–Crippen MR) is 110 cm³/mol. The fourth-order valence-corrected chi connectivity index (χ4v) is 3.52. The third-order valence-corrected chi connectivity index (χ3v) is 5.17. The average Bonchev–Trinajstić information content (AvgIpc) is 2.94. The van der Waals surface area contributed by atoms with E-state index in [1.54, 1.807) is 43.3 Å². The number of rotatable bonds is 4. The fraction of sp³-hybridized carbons (Fsp3) is 0.158. The van der Waals surface area contributed by atoms with Gasteiger partial charge in [0, 0.05) is 11.4 Å². The first-order valence-electron chi connectivity index (χ1n) is 8.18. The standard InChI is InChI=1S/C19H17ClN4O2S/c1-12(13-7-9-14(20)10-8-13)22-23-19(21)27-16-11-17(25)24(18(16)26)15-5-3-2-4-6-15/h2-10,16H,11H2,1H3,(H2,21,23). The molecule has 8 heteroatoms. The number of thioether (sulfide) groups is 1. The van der Waals surface area contributed by atoms with Crippen LogP contribution in [0.2, 0.25) is 5.02 Å². The molecule has 2 N–H and O–H groups in total. The fourth-order valence-electron chi connectivity index (χ4n) is 2.59. The van der Waals surface area contributed by atoms with E-state index in [9.17, 15) is 9.59 Å². The third-order valence-electron chi connectivity index (χ3n) is 3.94. The summed E-state index contributed by atoms with van der Waals surface area (Å²) in [6.07, 6.45) is 0.0779. The van der Waals surface area contributed by atoms with Gasteiger partial charge >= 0.3 is 0 Å². The zero-order valence-electron chi connectivity index (χ0n) is 14.5. The minimum atomic E-state index is -0.604. The number of carbonyl (C=O) groups excluding carboxylic acids is 2. The van der Waals surface area contributed by atoms with Gasteiger partial charge in [0.25, 0.3) is 0 Å². The van der Waals surface area contributed by atoms with Crippen LogP contribution in [0.15, 0.2) is 64.8 Å². The molecule has 1 fully saturated rings. The summed E-state index contributed by atoms with van der Waals surface area (Å²) >= 11 is 6.91. The maximum atomic E-state index is 12.6. The minimum absolute atomic E-state index is 0.0779. The smallest absolute Gasteiger partial charge is 0.247 e. The van der Waals surface area contributed by atoms with Crippen LogP contribution in [0.25, 0.3) is 0 Å². The van der Waals surface area contributed by atoms with E-state index in [0.717, 1.165) is 17.3 Å². The summed E-state index contributed by atoms with van der Waals surface area (Å²) in [6.45, 7) is 1.80. The summed E-state index contributed by atoms with van der Waals surface area (Å²) in [5, 5.41) is 8.23. The van der Waals surface area contributed by atoms with Gasteiger partial charge in [-0.2, -0.15) is 5.10 Å². The molecule has 0 saturated carbocycles. The van der Waals surface area contributed by atoms with Crippen molar-refractivity contribution < 1.29 is 9.59 Å². The number of carbonyl (C=O) groups is 2. The van der Waals surface area contributed by atoms with E-state index in [-0.39, 0.29) is 23.4 Å². The monoisotopic (exact) mass is 400 g/mol. The van der Waals surface area contributed by atoms with Gasteiger partial charge in [-0.1, -0.05) is 53.7 Å². The highest BCUT2D eigenvalue weighted by Gasteiger charge is 2.40. The average molecular weight is 401 g/mol. The lowest BCUT2D eigenvalue weighted by Gasteiger charge is -2.14. The summed E-state index contributed by atoms with van der Waals surface area (Å²) in [5.74, 6) is -0.551. The second kappa shape index (κ2) is 8.37. The highest BCUT2D eigenvalue weighted by molar-refractivity contribution is 8.14. The molecule has 2 amide bonds. The molecule has 27 heavy (non-hydrogen) atoms. The molecule has 1 unspecified atom stereocenters. The number of halogens is 1. The van der Waals surface area contributed by atoms with Crippen molar-refractivity contribution in [2.24, 2.45) is 15.9 Å². The Morgan fingerprint density at radius 1 is 1.11 bits per heavy atom. The molecule has 1 aliphatic heterocycles. The number of anilines is 1. The Balaban J connectivity index is 1.68. The molecule has 0 bridgehead atoms. The largest absolute Gasteiger partial charge is 0.377 e. The molecule has 1 saturated heterocycles. The highest BCUT2D eigenvalue weighted by atomic mass is 35.5. The molecule has 0 radical (unpaired) electrons. The van der Waals surface area contributed by atoms with Gasteiger partial charge in [-0.15, -0.1) is 5.10 Å². The number of imide groups is 1. The van der Waals surface area contributed by atoms with Crippen LogP contribution in [0.4, 0.5) is 5.69 Å². The van der Waals surface area contributed by atoms with E-state index < -0.39 is 5.25 Å². The van der Waals surface area contributed by atoms with E-state index >= 15 is 0 Å². The van der Waals surface area contributed by atoms with Gasteiger partial charge < -0.3 is 5.73 Å². The van der Waals surface area contributed by atoms with Crippen LogP contribution >= 0.6 is 23.4 Å². The normalized spacial score (nSPS) is 18.3. The maximum absolute atomic E-state index is 12.6. The molecule has 2 aromatic rings. The molecule has 138 valence electrons. The zero-order valence-corrected chi connectivity index (χ0v) is 16.1. The van der Waals surface area contributed by atoms with Crippen molar-refractivity contribution in [2.45, 2.75) is 18.6 Å². The maximum Gasteiger partial charge on any atom is 0.247 e. The van der Waals surface area contributed by atoms with E-state index in [1.165, 1.54) is 4.90 Å². The van der Waals surface area contributed by atoms with Gasteiger partial charge in [-0.3, -0.25) is 9.59 Å². The summed E-state index contributed by atoms with van der Waals surface area (Å²) < 4.78 is 0. The van der Waals surface area contributed by atoms with Crippen LogP contribution in [0.3, 0.4) is 0 Å². The molecule has 6 nitrogen and oxygen atoms in total. The first-order chi connectivity index (χ1) is 13.0. The van der Waals surface area contributed by atoms with Crippen molar-refractivity contribution in [3.63, 3.8) is 0 Å². The Hall–Kier alpha value is -2.64. The van der Waals surface area contributed by atoms with Gasteiger partial charge in [0.05, 0.1) is 11.4 Å². The highest BCUT2D eigenvalue weighted by Crippen LogP contribution is 2.29. The molecule has 1 atom stereocenters. The lowest BCUT2D eigenvalue weighted by atomic mass is 10.1. The Morgan fingerprint density at radius 2 is 1.78 bits per heavy atom. The molecule has 2 aromatic carbocycles. The summed E-state index contributed by atoms with van der Waals surface area (Å²) in [6, 6.07) is 16.0. The number of amides is 2. The van der Waals surface area contributed by atoms with Crippen molar-refractivity contribution in [1.29, 1.82) is 0 Å². The lowest BCUT2D eigenvalue weighted by Crippen LogP contribution is -2.31. The van der Waals surface area contributed by atoms with Gasteiger partial charge in [0.15, 0.2) is 5.17 Å². The van der Waals surface area contributed by atoms with Gasteiger partial charge in [0.1, 0.15) is 5.25 Å². The number of nitrogens with zero attached hydrogens (tertiary/aromatic N) is 3. The van der Waals surface area contributed by atoms with Crippen LogP contribution < -0.4 is 10.6 Å². The van der Waals surface area contributed by atoms with Crippen molar-refractivity contribution in [2.75, 3.05) is 4.90 Å². The molecule has 3 rings (SSSR count). The number of hydrogen-bond acceptors (Lipinski definition) is 5.